The largest absolute Gasteiger partial charge is 0.384 e. The lowest BCUT2D eigenvalue weighted by Crippen LogP contribution is -2.10. The van der Waals surface area contributed by atoms with Crippen molar-refractivity contribution in [3.63, 3.8) is 0 Å². The first-order valence-corrected chi connectivity index (χ1v) is 50.6. The van der Waals surface area contributed by atoms with Crippen LogP contribution in [0.4, 0.5) is 5.82 Å². The van der Waals surface area contributed by atoms with E-state index >= 15 is 0 Å². The van der Waals surface area contributed by atoms with Crippen LogP contribution in [0.1, 0.15) is 229 Å². The van der Waals surface area contributed by atoms with Crippen LogP contribution < -0.4 is 5.73 Å². The predicted molar refractivity (Wildman–Crippen MR) is 571 cm³/mol. The molecule has 702 valence electrons. The highest BCUT2D eigenvalue weighted by atomic mass is 35.5. The van der Waals surface area contributed by atoms with Crippen LogP contribution in [0, 0.1) is 129 Å². The molecule has 0 saturated heterocycles. The Labute approximate surface area is 860 Å². The molecular weight excluding hydrogens is 1960 g/mol. The summed E-state index contributed by atoms with van der Waals surface area (Å²) < 4.78 is 12.2. The Morgan fingerprint density at radius 2 is 0.674 bits per heavy atom. The van der Waals surface area contributed by atoms with Gasteiger partial charge >= 0.3 is 0 Å². The first-order chi connectivity index (χ1) is 67.8. The summed E-state index contributed by atoms with van der Waals surface area (Å²) in [5.41, 5.74) is 27.8. The molecule has 5 aliphatic rings. The Morgan fingerprint density at radius 3 is 1.00 bits per heavy atom. The van der Waals surface area contributed by atoms with Crippen molar-refractivity contribution in [2.24, 2.45) is 32.0 Å². The fourth-order valence-electron chi connectivity index (χ4n) is 16.8. The van der Waals surface area contributed by atoms with Crippen LogP contribution in [-0.4, -0.2) is 143 Å². The summed E-state index contributed by atoms with van der Waals surface area (Å²) in [7, 11) is 5.93. The fraction of sp³-hybridized carbons (Fsp3) is 0.217. The van der Waals surface area contributed by atoms with Gasteiger partial charge in [0.25, 0.3) is 0 Å². The minimum atomic E-state index is -0.142. The zero-order valence-corrected chi connectivity index (χ0v) is 87.4. The maximum absolute atomic E-state index is 6.14. The number of pyridine rings is 1. The van der Waals surface area contributed by atoms with Gasteiger partial charge in [0.1, 0.15) is 96.4 Å². The molecule has 17 aromatic rings. The summed E-state index contributed by atoms with van der Waals surface area (Å²) in [6, 6.07) is 43.9. The lowest BCUT2D eigenvalue weighted by molar-refractivity contribution is 0.464. The molecule has 0 bridgehead atoms. The Hall–Kier alpha value is -14.0. The number of benzene rings is 5. The first kappa shape index (κ1) is 97.3. The number of thiophene rings is 5. The second kappa shape index (κ2) is 40.7. The van der Waals surface area contributed by atoms with Crippen LogP contribution in [0.3, 0.4) is 0 Å². The number of nitrogens with zero attached hydrogens (tertiary/aromatic N) is 24. The number of aryl methyl sites for hydroxylation is 6. The van der Waals surface area contributed by atoms with Crippen molar-refractivity contribution < 1.29 is 0 Å². The van der Waals surface area contributed by atoms with E-state index in [9.17, 15) is 0 Å². The smallest absolute Gasteiger partial charge is 0.162 e. The number of fused-ring (bicyclic) bond motifs is 15. The normalized spacial score (nSPS) is 14.7. The number of rotatable bonds is 6. The van der Waals surface area contributed by atoms with E-state index in [1.807, 2.05) is 224 Å². The van der Waals surface area contributed by atoms with Gasteiger partial charge in [-0.1, -0.05) is 154 Å². The van der Waals surface area contributed by atoms with Gasteiger partial charge in [-0.25, -0.2) is 4.98 Å². The van der Waals surface area contributed by atoms with Crippen molar-refractivity contribution >= 4 is 149 Å². The van der Waals surface area contributed by atoms with Gasteiger partial charge in [0.05, 0.1) is 65.7 Å². The molecule has 0 amide bonds. The molecule has 25 nitrogen and oxygen atoms in total. The van der Waals surface area contributed by atoms with Crippen LogP contribution in [0.5, 0.6) is 0 Å². The van der Waals surface area contributed by atoms with E-state index in [4.69, 9.17) is 102 Å². The molecule has 22 rings (SSSR count). The molecule has 17 heterocycles. The number of nitrogen functional groups attached to an aromatic ring is 1. The van der Waals surface area contributed by atoms with Crippen LogP contribution in [0.25, 0.3) is 25.0 Å². The van der Waals surface area contributed by atoms with Gasteiger partial charge in [0.2, 0.25) is 0 Å². The molecule has 5 aromatic carbocycles. The van der Waals surface area contributed by atoms with Gasteiger partial charge < -0.3 is 5.73 Å². The summed E-state index contributed by atoms with van der Waals surface area (Å²) in [6.07, 6.45) is 14.9. The number of nitrogens with two attached hydrogens (primary N) is 1. The van der Waals surface area contributed by atoms with Crippen LogP contribution >= 0.6 is 115 Å². The maximum atomic E-state index is 6.14. The molecule has 0 spiro atoms. The number of aliphatic imine (C=N–C) groups is 5. The Morgan fingerprint density at radius 1 is 0.369 bits per heavy atom. The van der Waals surface area contributed by atoms with Crippen LogP contribution in [0.15, 0.2) is 177 Å². The maximum Gasteiger partial charge on any atom is 0.162 e. The molecule has 4 atom stereocenters. The SMILES string of the molecule is C#Cc1sc2c(c1C)C(c1ccc(Cl)cc1)=NCc1nnc(C)n1-2.C#Cc1sc2c(c1C)C(c1ccc(Cl)cc1)=N[C@@H](C)c1nnc(C)n1-2.Cc1c(C#CCN(C)C)sc2c1C(c1ccc(Cl)cc1)=N[C@@H](C)c1nnc(C)n1-2.Cc1c(C#Cc2ccc(N)nc2)sc2c1C(c1ccc(Cl)cc1)=N[C@@H](C)c1nnc(C)n1-2.Cc1c(C#Cc2ccnn2C)sc2c1C(c1ccc(Cl)cc1)=N[C@@H](C)c1nnc(C)n1-2. The van der Waals surface area contributed by atoms with Crippen molar-refractivity contribution in [1.82, 2.24) is 93.5 Å². The number of hydrogen-bond donors (Lipinski definition) is 1. The van der Waals surface area contributed by atoms with Crippen molar-refractivity contribution in [3.05, 3.63) is 354 Å². The van der Waals surface area contributed by atoms with Crippen LogP contribution in [0.2, 0.25) is 25.1 Å². The minimum Gasteiger partial charge on any atom is -0.384 e. The Kier molecular flexibility index (Phi) is 28.1. The van der Waals surface area contributed by atoms with Gasteiger partial charge in [-0.3, -0.25) is 57.4 Å². The lowest BCUT2D eigenvalue weighted by atomic mass is 9.99. The average molecular weight is 2050 g/mol. The highest BCUT2D eigenvalue weighted by molar-refractivity contribution is 7.17. The number of terminal acetylenes is 2. The molecule has 0 fully saturated rings. The van der Waals surface area contributed by atoms with E-state index in [1.54, 1.807) is 79.8 Å². The van der Waals surface area contributed by atoms with E-state index < -0.39 is 0 Å². The second-order valence-corrected chi connectivity index (χ2v) is 41.1. The summed E-state index contributed by atoms with van der Waals surface area (Å²) in [5.74, 6) is 34.1. The fourth-order valence-corrected chi connectivity index (χ4v) is 23.5. The van der Waals surface area contributed by atoms with E-state index in [0.717, 1.165) is 231 Å². The molecule has 0 saturated carbocycles. The van der Waals surface area contributed by atoms with Crippen molar-refractivity contribution in [2.75, 3.05) is 26.4 Å². The summed E-state index contributed by atoms with van der Waals surface area (Å²) in [4.78, 5) is 35.9. The summed E-state index contributed by atoms with van der Waals surface area (Å²) >= 11 is 38.6. The van der Waals surface area contributed by atoms with Crippen molar-refractivity contribution in [2.45, 2.75) is 128 Å². The standard InChI is InChI=1S/C24H19ClN6S.C23H19ClN6S.C22H22ClN5S.C19H15ClN4S.C18H13ClN4S/c1-13-19(10-4-16-5-11-20(26)27-12-16)32-24-21(13)22(17-6-8-18(25)9-7-17)28-14(2)23-30-29-15(3)31(23)24;1-13-19(10-9-18-11-12-25-29(18)4)31-23-20(13)21(16-5-7-17(24)8-6-16)26-14(2)22-28-27-15(3)30(22)23;1-13-18(7-6-12-27(4)5)29-22-19(13)20(16-8-10-17(23)11-9-16)24-14(2)21-26-25-15(3)28(21)22;1-5-15-10(2)16-17(13-6-8-14(20)9-7-13)21-11(3)18-23-22-12(4)24(18)19(16)25-15;1-4-14-10(2)16-17(12-5-7-13(19)8-6-12)20-9-15-22-21-11(3)23(15)18(16)24-14/h5-9,11-12,14H,1-3H3,(H2,26,27);5-8,11-12,14H,1-4H3;8-11,14H,12H2,1-5H3;1,6-9,11H,2-4H3;1,5-8H,9H2,2-3H3/t3*14-;11-;/m0000./s1. The Bertz CT molecular complexity index is 8270. The van der Waals surface area contributed by atoms with E-state index in [2.05, 4.69) is 164 Å². The molecule has 12 aromatic heterocycles. The Balaban J connectivity index is 0.000000117. The van der Waals surface area contributed by atoms with E-state index in [1.165, 1.54) is 0 Å². The van der Waals surface area contributed by atoms with E-state index in [-0.39, 0.29) is 24.2 Å². The van der Waals surface area contributed by atoms with Gasteiger partial charge in [0.15, 0.2) is 29.1 Å². The molecule has 0 unspecified atom stereocenters. The number of anilines is 1. The third-order valence-corrected chi connectivity index (χ3v) is 31.2. The van der Waals surface area contributed by atoms with Gasteiger partial charge in [0, 0.05) is 99.6 Å². The number of halogens is 5. The number of hydrogen-bond acceptors (Lipinski definition) is 24. The highest BCUT2D eigenvalue weighted by Crippen LogP contribution is 2.46. The lowest BCUT2D eigenvalue weighted by Gasteiger charge is -2.09. The van der Waals surface area contributed by atoms with Gasteiger partial charge in [-0.15, -0.1) is 121 Å². The summed E-state index contributed by atoms with van der Waals surface area (Å²) in [6.45, 7) is 29.6. The van der Waals surface area contributed by atoms with E-state index in [0.29, 0.717) is 44.0 Å². The first-order valence-electron chi connectivity index (χ1n) is 44.6. The average Bonchev–Trinajstić information content (AvgIpc) is 1.59. The molecule has 141 heavy (non-hydrogen) atoms. The molecule has 0 aliphatic carbocycles. The highest BCUT2D eigenvalue weighted by Gasteiger charge is 2.37. The quantitative estimate of drug-likeness (QED) is 0.152. The van der Waals surface area contributed by atoms with Crippen molar-refractivity contribution in [1.29, 1.82) is 0 Å². The third kappa shape index (κ3) is 19.2. The third-order valence-electron chi connectivity index (χ3n) is 24.0. The zero-order valence-electron chi connectivity index (χ0n) is 79.6. The van der Waals surface area contributed by atoms with Gasteiger partial charge in [-0.05, 0) is 230 Å². The molecular formula is C106H88Cl5N25S5. The zero-order chi connectivity index (χ0) is 99.4. The predicted octanol–water partition coefficient (Wildman–Crippen LogP) is 22.4. The van der Waals surface area contributed by atoms with Gasteiger partial charge in [-0.2, -0.15) is 5.10 Å². The van der Waals surface area contributed by atoms with Crippen molar-refractivity contribution in [3.8, 4) is 85.2 Å². The molecule has 5 aliphatic heterocycles. The molecule has 0 radical (unpaired) electrons. The molecule has 2 N–H and O–H groups in total. The molecule has 35 heteroatoms. The topological polar surface area (TPSA) is 275 Å². The second-order valence-electron chi connectivity index (χ2n) is 33.9. The number of aromatic nitrogens is 18. The monoisotopic (exact) mass is 2050 g/mol. The van der Waals surface area contributed by atoms with Crippen LogP contribution in [-0.2, 0) is 13.6 Å². The summed E-state index contributed by atoms with van der Waals surface area (Å²) in [5, 5.41) is 56.1. The minimum absolute atomic E-state index is 0.107.